The summed E-state index contributed by atoms with van der Waals surface area (Å²) in [5, 5.41) is 3.98. The van der Waals surface area contributed by atoms with E-state index in [9.17, 15) is 0 Å². The Morgan fingerprint density at radius 3 is 2.57 bits per heavy atom. The van der Waals surface area contributed by atoms with Crippen molar-refractivity contribution in [3.63, 3.8) is 0 Å². The van der Waals surface area contributed by atoms with Gasteiger partial charge in [0.1, 0.15) is 0 Å². The second-order valence-electron chi connectivity index (χ2n) is 7.66. The average Bonchev–Trinajstić information content (AvgIpc) is 3.22. The summed E-state index contributed by atoms with van der Waals surface area (Å²) in [6, 6.07) is 12.2. The molecule has 0 radical (unpaired) electrons. The maximum atomic E-state index is 6.18. The van der Waals surface area contributed by atoms with Crippen LogP contribution in [0.3, 0.4) is 0 Å². The topological polar surface area (TPSA) is 24.5 Å². The number of benzene rings is 1. The van der Waals surface area contributed by atoms with Gasteiger partial charge < -0.3 is 10.1 Å². The molecule has 1 N–H and O–H groups in total. The van der Waals surface area contributed by atoms with Gasteiger partial charge >= 0.3 is 0 Å². The smallest absolute Gasteiger partial charge is 0.0835 e. The highest BCUT2D eigenvalue weighted by Gasteiger charge is 2.46. The normalized spacial score (nSPS) is 32.8. The van der Waals surface area contributed by atoms with Crippen LogP contribution in [0.4, 0.5) is 0 Å². The molecule has 23 heavy (non-hydrogen) atoms. The Hall–Kier alpha value is -0.900. The Morgan fingerprint density at radius 2 is 1.83 bits per heavy atom. The Balaban J connectivity index is 1.27. The minimum Gasteiger partial charge on any atom is -0.373 e. The fraction of sp³-hybridized carbons (Fsp3) is 0.700. The summed E-state index contributed by atoms with van der Waals surface area (Å²) in [7, 11) is 0. The van der Waals surface area contributed by atoms with Crippen LogP contribution in [0.15, 0.2) is 30.3 Å². The summed E-state index contributed by atoms with van der Waals surface area (Å²) in [4.78, 5) is 2.60. The molecule has 1 aromatic rings. The van der Waals surface area contributed by atoms with Crippen LogP contribution in [0.2, 0.25) is 0 Å². The molecule has 0 bridgehead atoms. The van der Waals surface area contributed by atoms with Gasteiger partial charge in [0.2, 0.25) is 0 Å². The van der Waals surface area contributed by atoms with Gasteiger partial charge in [-0.15, -0.1) is 0 Å². The van der Waals surface area contributed by atoms with Crippen molar-refractivity contribution in [1.29, 1.82) is 0 Å². The SMILES string of the molecule is c1ccc(CN2CCC(NC3CCCC34CCCO4)CC2)cc1. The first kappa shape index (κ1) is 15.6. The largest absolute Gasteiger partial charge is 0.373 e. The molecule has 1 aliphatic carbocycles. The third kappa shape index (κ3) is 3.47. The standard InChI is InChI=1S/C20H30N2O/c1-2-6-17(7-3-1)16-22-13-9-18(10-14-22)21-19-8-4-11-20(19)12-5-15-23-20/h1-3,6-7,18-19,21H,4-5,8-16H2. The molecule has 3 heteroatoms. The zero-order valence-corrected chi connectivity index (χ0v) is 14.2. The summed E-state index contributed by atoms with van der Waals surface area (Å²) in [6.07, 6.45) is 9.01. The lowest BCUT2D eigenvalue weighted by atomic mass is 9.92. The number of nitrogens with zero attached hydrogens (tertiary/aromatic N) is 1. The molecule has 3 fully saturated rings. The van der Waals surface area contributed by atoms with Crippen molar-refractivity contribution in [1.82, 2.24) is 10.2 Å². The van der Waals surface area contributed by atoms with Gasteiger partial charge in [-0.3, -0.25) is 4.90 Å². The lowest BCUT2D eigenvalue weighted by molar-refractivity contribution is -0.0159. The van der Waals surface area contributed by atoms with E-state index < -0.39 is 0 Å². The third-order valence-corrected chi connectivity index (χ3v) is 6.14. The van der Waals surface area contributed by atoms with Crippen molar-refractivity contribution in [2.45, 2.75) is 69.2 Å². The van der Waals surface area contributed by atoms with Crippen molar-refractivity contribution in [2.24, 2.45) is 0 Å². The fourth-order valence-electron chi connectivity index (χ4n) is 4.85. The van der Waals surface area contributed by atoms with Gasteiger partial charge in [0.15, 0.2) is 0 Å². The summed E-state index contributed by atoms with van der Waals surface area (Å²) >= 11 is 0. The summed E-state index contributed by atoms with van der Waals surface area (Å²) in [6.45, 7) is 4.51. The maximum absolute atomic E-state index is 6.18. The van der Waals surface area contributed by atoms with E-state index in [2.05, 4.69) is 40.5 Å². The average molecular weight is 314 g/mol. The van der Waals surface area contributed by atoms with E-state index in [1.807, 2.05) is 0 Å². The first-order chi connectivity index (χ1) is 11.3. The van der Waals surface area contributed by atoms with Crippen LogP contribution in [-0.4, -0.2) is 42.3 Å². The van der Waals surface area contributed by atoms with E-state index >= 15 is 0 Å². The summed E-state index contributed by atoms with van der Waals surface area (Å²) < 4.78 is 6.18. The van der Waals surface area contributed by atoms with Gasteiger partial charge in [-0.2, -0.15) is 0 Å². The van der Waals surface area contributed by atoms with Crippen molar-refractivity contribution in [3.05, 3.63) is 35.9 Å². The monoisotopic (exact) mass is 314 g/mol. The highest BCUT2D eigenvalue weighted by atomic mass is 16.5. The lowest BCUT2D eigenvalue weighted by Gasteiger charge is -2.38. The van der Waals surface area contributed by atoms with Crippen molar-refractivity contribution >= 4 is 0 Å². The Morgan fingerprint density at radius 1 is 1.04 bits per heavy atom. The summed E-state index contributed by atoms with van der Waals surface area (Å²) in [5.41, 5.74) is 1.63. The van der Waals surface area contributed by atoms with Crippen LogP contribution in [0.25, 0.3) is 0 Å². The van der Waals surface area contributed by atoms with E-state index in [1.165, 1.54) is 63.6 Å². The number of hydrogen-bond acceptors (Lipinski definition) is 3. The molecule has 2 saturated heterocycles. The molecule has 3 nitrogen and oxygen atoms in total. The molecular formula is C20H30N2O. The zero-order chi connectivity index (χ0) is 15.5. The van der Waals surface area contributed by atoms with Crippen molar-refractivity contribution in [3.8, 4) is 0 Å². The molecular weight excluding hydrogens is 284 g/mol. The molecule has 1 aromatic carbocycles. The molecule has 0 amide bonds. The molecule has 4 rings (SSSR count). The molecule has 3 aliphatic rings. The third-order valence-electron chi connectivity index (χ3n) is 6.14. The summed E-state index contributed by atoms with van der Waals surface area (Å²) in [5.74, 6) is 0. The van der Waals surface area contributed by atoms with Gasteiger partial charge in [-0.05, 0) is 63.6 Å². The highest BCUT2D eigenvalue weighted by molar-refractivity contribution is 5.14. The van der Waals surface area contributed by atoms with Gasteiger partial charge in [-0.1, -0.05) is 30.3 Å². The Kier molecular flexibility index (Phi) is 4.70. The van der Waals surface area contributed by atoms with E-state index in [1.54, 1.807) is 0 Å². The van der Waals surface area contributed by atoms with Crippen LogP contribution < -0.4 is 5.32 Å². The predicted molar refractivity (Wildman–Crippen MR) is 93.4 cm³/mol. The zero-order valence-electron chi connectivity index (χ0n) is 14.2. The van der Waals surface area contributed by atoms with Gasteiger partial charge in [0, 0.05) is 25.2 Å². The minimum atomic E-state index is 0.196. The molecule has 2 heterocycles. The van der Waals surface area contributed by atoms with Crippen LogP contribution in [0.5, 0.6) is 0 Å². The van der Waals surface area contributed by atoms with E-state index in [0.29, 0.717) is 12.1 Å². The van der Waals surface area contributed by atoms with E-state index in [4.69, 9.17) is 4.74 Å². The van der Waals surface area contributed by atoms with Crippen molar-refractivity contribution in [2.75, 3.05) is 19.7 Å². The molecule has 1 saturated carbocycles. The fourth-order valence-corrected chi connectivity index (χ4v) is 4.85. The molecule has 126 valence electrons. The number of hydrogen-bond donors (Lipinski definition) is 1. The quantitative estimate of drug-likeness (QED) is 0.922. The van der Waals surface area contributed by atoms with Crippen molar-refractivity contribution < 1.29 is 4.74 Å². The minimum absolute atomic E-state index is 0.196. The number of ether oxygens (including phenoxy) is 1. The second kappa shape index (κ2) is 6.92. The number of piperidine rings is 1. The van der Waals surface area contributed by atoms with Crippen LogP contribution in [0.1, 0.15) is 50.5 Å². The first-order valence-electron chi connectivity index (χ1n) is 9.50. The van der Waals surface area contributed by atoms with Crippen LogP contribution in [-0.2, 0) is 11.3 Å². The maximum Gasteiger partial charge on any atom is 0.0835 e. The number of nitrogens with one attached hydrogen (secondary N) is 1. The van der Waals surface area contributed by atoms with Gasteiger partial charge in [-0.25, -0.2) is 0 Å². The Labute approximate surface area is 140 Å². The molecule has 1 spiro atoms. The highest BCUT2D eigenvalue weighted by Crippen LogP contribution is 2.41. The van der Waals surface area contributed by atoms with Crippen LogP contribution >= 0.6 is 0 Å². The van der Waals surface area contributed by atoms with Crippen LogP contribution in [0, 0.1) is 0 Å². The molecule has 0 aromatic heterocycles. The van der Waals surface area contributed by atoms with Gasteiger partial charge in [0.25, 0.3) is 0 Å². The first-order valence-corrected chi connectivity index (χ1v) is 9.50. The van der Waals surface area contributed by atoms with E-state index in [-0.39, 0.29) is 5.60 Å². The number of rotatable bonds is 4. The lowest BCUT2D eigenvalue weighted by Crippen LogP contribution is -2.53. The predicted octanol–water partition coefficient (Wildman–Crippen LogP) is 3.34. The van der Waals surface area contributed by atoms with Gasteiger partial charge in [0.05, 0.1) is 5.60 Å². The molecule has 2 atom stereocenters. The van der Waals surface area contributed by atoms with E-state index in [0.717, 1.165) is 13.2 Å². The molecule has 2 aliphatic heterocycles. The number of likely N-dealkylation sites (tertiary alicyclic amines) is 1. The molecule has 2 unspecified atom stereocenters. The Bertz CT molecular complexity index is 484. The second-order valence-corrected chi connectivity index (χ2v) is 7.66.